The zero-order valence-electron chi connectivity index (χ0n) is 10.3. The van der Waals surface area contributed by atoms with Gasteiger partial charge in [-0.1, -0.05) is 22.0 Å². The van der Waals surface area contributed by atoms with Crippen molar-refractivity contribution in [3.63, 3.8) is 0 Å². The van der Waals surface area contributed by atoms with Gasteiger partial charge in [-0.2, -0.15) is 0 Å². The van der Waals surface area contributed by atoms with Gasteiger partial charge in [0, 0.05) is 16.4 Å². The van der Waals surface area contributed by atoms with E-state index in [1.807, 2.05) is 20.8 Å². The van der Waals surface area contributed by atoms with Crippen LogP contribution in [0.4, 0.5) is 4.39 Å². The Morgan fingerprint density at radius 1 is 1.41 bits per heavy atom. The summed E-state index contributed by atoms with van der Waals surface area (Å²) in [6.45, 7) is 6.22. The number of hydrogen-bond donors (Lipinski definition) is 1. The number of carbonyl (C=O) groups is 1. The summed E-state index contributed by atoms with van der Waals surface area (Å²) in [6, 6.07) is 4.75. The zero-order valence-corrected chi connectivity index (χ0v) is 11.9. The molecule has 0 radical (unpaired) electrons. The minimum absolute atomic E-state index is 0.0128. The molecule has 1 rings (SSSR count). The number of Topliss-reactive ketones (excluding diaryl/α,β-unsaturated/α-hetero) is 1. The van der Waals surface area contributed by atoms with Crippen molar-refractivity contribution in [3.05, 3.63) is 34.1 Å². The molecule has 0 aliphatic carbocycles. The maximum absolute atomic E-state index is 13.5. The Morgan fingerprint density at radius 3 is 2.59 bits per heavy atom. The van der Waals surface area contributed by atoms with E-state index in [9.17, 15) is 9.18 Å². The number of benzene rings is 1. The van der Waals surface area contributed by atoms with Gasteiger partial charge in [0.15, 0.2) is 5.78 Å². The van der Waals surface area contributed by atoms with Gasteiger partial charge >= 0.3 is 0 Å². The Morgan fingerprint density at radius 2 is 2.06 bits per heavy atom. The van der Waals surface area contributed by atoms with Crippen molar-refractivity contribution >= 4 is 21.7 Å². The van der Waals surface area contributed by atoms with Crippen LogP contribution in [0.2, 0.25) is 0 Å². The average Bonchev–Trinajstić information content (AvgIpc) is 2.18. The molecule has 1 aromatic rings. The van der Waals surface area contributed by atoms with Crippen LogP contribution >= 0.6 is 15.9 Å². The second kappa shape index (κ2) is 5.74. The molecule has 0 bridgehead atoms. The number of carbonyl (C=O) groups excluding carboxylic acids is 1. The van der Waals surface area contributed by atoms with E-state index >= 15 is 0 Å². The van der Waals surface area contributed by atoms with E-state index in [-0.39, 0.29) is 30.1 Å². The molecule has 0 aromatic heterocycles. The lowest BCUT2D eigenvalue weighted by Gasteiger charge is -2.19. The first-order chi connectivity index (χ1) is 7.78. The molecule has 0 saturated heterocycles. The molecular weight excluding hydrogens is 285 g/mol. The van der Waals surface area contributed by atoms with Gasteiger partial charge < -0.3 is 5.32 Å². The van der Waals surface area contributed by atoms with E-state index in [4.69, 9.17) is 0 Å². The number of ketones is 1. The summed E-state index contributed by atoms with van der Waals surface area (Å²) in [4.78, 5) is 11.7. The van der Waals surface area contributed by atoms with Gasteiger partial charge in [0.05, 0.1) is 6.54 Å². The largest absolute Gasteiger partial charge is 0.305 e. The third-order valence-electron chi connectivity index (χ3n) is 2.22. The second-order valence-electron chi connectivity index (χ2n) is 5.05. The molecule has 2 nitrogen and oxygen atoms in total. The van der Waals surface area contributed by atoms with E-state index in [1.54, 1.807) is 12.1 Å². The topological polar surface area (TPSA) is 29.1 Å². The molecule has 0 atom stereocenters. The van der Waals surface area contributed by atoms with Gasteiger partial charge in [-0.05, 0) is 38.5 Å². The molecule has 0 spiro atoms. The summed E-state index contributed by atoms with van der Waals surface area (Å²) < 4.78 is 14.2. The Balaban J connectivity index is 2.57. The fourth-order valence-corrected chi connectivity index (χ4v) is 1.64. The molecule has 17 heavy (non-hydrogen) atoms. The van der Waals surface area contributed by atoms with Crippen LogP contribution in [0, 0.1) is 5.82 Å². The van der Waals surface area contributed by atoms with Crippen LogP contribution in [0.25, 0.3) is 0 Å². The van der Waals surface area contributed by atoms with Crippen molar-refractivity contribution in [2.75, 3.05) is 6.54 Å². The van der Waals surface area contributed by atoms with E-state index in [0.717, 1.165) is 0 Å². The molecule has 0 unspecified atom stereocenters. The fraction of sp³-hybridized carbons (Fsp3) is 0.462. The molecule has 0 saturated carbocycles. The number of nitrogens with one attached hydrogen (secondary N) is 1. The van der Waals surface area contributed by atoms with Crippen LogP contribution in [-0.4, -0.2) is 17.9 Å². The second-order valence-corrected chi connectivity index (χ2v) is 5.97. The highest BCUT2D eigenvalue weighted by Crippen LogP contribution is 2.15. The first kappa shape index (κ1) is 14.3. The highest BCUT2D eigenvalue weighted by atomic mass is 79.9. The molecular formula is C13H17BrFNO. The minimum Gasteiger partial charge on any atom is -0.305 e. The normalized spacial score (nSPS) is 11.6. The summed E-state index contributed by atoms with van der Waals surface area (Å²) >= 11 is 3.18. The summed E-state index contributed by atoms with van der Waals surface area (Å²) in [5.41, 5.74) is 0.336. The highest BCUT2D eigenvalue weighted by Gasteiger charge is 2.13. The summed E-state index contributed by atoms with van der Waals surface area (Å²) in [5, 5.41) is 3.09. The smallest absolute Gasteiger partial charge is 0.151 e. The average molecular weight is 302 g/mol. The van der Waals surface area contributed by atoms with Gasteiger partial charge in [-0.3, -0.25) is 4.79 Å². The monoisotopic (exact) mass is 301 g/mol. The highest BCUT2D eigenvalue weighted by molar-refractivity contribution is 9.10. The van der Waals surface area contributed by atoms with Crippen molar-refractivity contribution in [2.24, 2.45) is 0 Å². The van der Waals surface area contributed by atoms with Crippen LogP contribution in [0.5, 0.6) is 0 Å². The molecule has 0 aliphatic heterocycles. The van der Waals surface area contributed by atoms with Gasteiger partial charge in [0.1, 0.15) is 5.82 Å². The molecule has 0 amide bonds. The summed E-state index contributed by atoms with van der Waals surface area (Å²) in [6.07, 6.45) is 0.127. The lowest BCUT2D eigenvalue weighted by molar-refractivity contribution is -0.117. The van der Waals surface area contributed by atoms with Crippen molar-refractivity contribution in [1.82, 2.24) is 5.32 Å². The third-order valence-corrected chi connectivity index (χ3v) is 2.71. The number of halogens is 2. The van der Waals surface area contributed by atoms with Crippen molar-refractivity contribution in [2.45, 2.75) is 32.7 Å². The molecule has 0 aliphatic rings. The van der Waals surface area contributed by atoms with Gasteiger partial charge in [0.2, 0.25) is 0 Å². The van der Waals surface area contributed by atoms with E-state index in [1.165, 1.54) is 6.07 Å². The SMILES string of the molecule is CC(C)(C)NCC(=O)Cc1ccc(Br)cc1F. The van der Waals surface area contributed by atoms with Crippen LogP contribution < -0.4 is 5.32 Å². The van der Waals surface area contributed by atoms with Crippen molar-refractivity contribution < 1.29 is 9.18 Å². The molecule has 0 heterocycles. The first-order valence-corrected chi connectivity index (χ1v) is 6.28. The summed E-state index contributed by atoms with van der Waals surface area (Å²) in [5.74, 6) is -0.357. The van der Waals surface area contributed by atoms with E-state index in [2.05, 4.69) is 21.2 Å². The molecule has 4 heteroatoms. The Labute approximate surface area is 110 Å². The Bertz CT molecular complexity index is 412. The zero-order chi connectivity index (χ0) is 13.1. The van der Waals surface area contributed by atoms with Crippen LogP contribution in [-0.2, 0) is 11.2 Å². The number of rotatable bonds is 4. The van der Waals surface area contributed by atoms with Crippen molar-refractivity contribution in [3.8, 4) is 0 Å². The van der Waals surface area contributed by atoms with Crippen LogP contribution in [0.15, 0.2) is 22.7 Å². The molecule has 1 aromatic carbocycles. The van der Waals surface area contributed by atoms with Crippen LogP contribution in [0.3, 0.4) is 0 Å². The quantitative estimate of drug-likeness (QED) is 0.926. The van der Waals surface area contributed by atoms with E-state index in [0.29, 0.717) is 10.0 Å². The summed E-state index contributed by atoms with van der Waals surface area (Å²) in [7, 11) is 0. The van der Waals surface area contributed by atoms with Gasteiger partial charge in [-0.25, -0.2) is 4.39 Å². The van der Waals surface area contributed by atoms with Crippen molar-refractivity contribution in [1.29, 1.82) is 0 Å². The number of hydrogen-bond acceptors (Lipinski definition) is 2. The standard InChI is InChI=1S/C13H17BrFNO/c1-13(2,3)16-8-11(17)6-9-4-5-10(14)7-12(9)15/h4-5,7,16H,6,8H2,1-3H3. The Kier molecular flexibility index (Phi) is 4.83. The van der Waals surface area contributed by atoms with Gasteiger partial charge in [0.25, 0.3) is 0 Å². The van der Waals surface area contributed by atoms with Gasteiger partial charge in [-0.15, -0.1) is 0 Å². The predicted octanol–water partition coefficient (Wildman–Crippen LogP) is 3.09. The minimum atomic E-state index is -0.344. The Hall–Kier alpha value is -0.740. The molecule has 0 fully saturated rings. The molecule has 94 valence electrons. The third kappa shape index (κ3) is 5.41. The maximum atomic E-state index is 13.5. The fourth-order valence-electron chi connectivity index (χ4n) is 1.30. The lowest BCUT2D eigenvalue weighted by Crippen LogP contribution is -2.39. The van der Waals surface area contributed by atoms with Crippen LogP contribution in [0.1, 0.15) is 26.3 Å². The lowest BCUT2D eigenvalue weighted by atomic mass is 10.1. The van der Waals surface area contributed by atoms with E-state index < -0.39 is 0 Å². The predicted molar refractivity (Wildman–Crippen MR) is 70.6 cm³/mol. The first-order valence-electron chi connectivity index (χ1n) is 5.48. The molecule has 1 N–H and O–H groups in total. The maximum Gasteiger partial charge on any atom is 0.151 e.